The molecule has 0 amide bonds. The number of ether oxygens (including phenoxy) is 3. The normalized spacial score (nSPS) is 16.4. The number of benzene rings is 2. The molecule has 1 unspecified atom stereocenters. The van der Waals surface area contributed by atoms with Crippen molar-refractivity contribution in [2.45, 2.75) is 12.5 Å². The van der Waals surface area contributed by atoms with E-state index in [-0.39, 0.29) is 6.04 Å². The van der Waals surface area contributed by atoms with Crippen molar-refractivity contribution in [3.8, 4) is 17.2 Å². The highest BCUT2D eigenvalue weighted by Gasteiger charge is 2.30. The van der Waals surface area contributed by atoms with Crippen molar-refractivity contribution in [1.29, 1.82) is 0 Å². The summed E-state index contributed by atoms with van der Waals surface area (Å²) in [4.78, 5) is 2.55. The topological polar surface area (TPSA) is 43.0 Å². The van der Waals surface area contributed by atoms with E-state index < -0.39 is 0 Å². The number of hydrogen-bond acceptors (Lipinski definition) is 6. The first-order valence-corrected chi connectivity index (χ1v) is 10.9. The molecule has 1 aromatic heterocycles. The van der Waals surface area contributed by atoms with Crippen LogP contribution >= 0.6 is 11.3 Å². The lowest BCUT2D eigenvalue weighted by Gasteiger charge is -2.32. The van der Waals surface area contributed by atoms with E-state index >= 15 is 0 Å². The maximum Gasteiger partial charge on any atom is 0.203 e. The predicted molar refractivity (Wildman–Crippen MR) is 119 cm³/mol. The summed E-state index contributed by atoms with van der Waals surface area (Å²) in [6.45, 7) is 4.04. The number of nitrogens with zero attached hydrogens (tertiary/aromatic N) is 1. The van der Waals surface area contributed by atoms with Crippen LogP contribution in [0.25, 0.3) is 10.1 Å². The fraction of sp³-hybridized carbons (Fsp3) is 0.391. The molecule has 1 aliphatic heterocycles. The summed E-state index contributed by atoms with van der Waals surface area (Å²) >= 11 is 1.80. The summed E-state index contributed by atoms with van der Waals surface area (Å²) in [6, 6.07) is 12.8. The highest BCUT2D eigenvalue weighted by Crippen LogP contribution is 2.47. The summed E-state index contributed by atoms with van der Waals surface area (Å²) in [6.07, 6.45) is 1.12. The van der Waals surface area contributed by atoms with E-state index in [2.05, 4.69) is 45.9 Å². The first kappa shape index (κ1) is 20.0. The Kier molecular flexibility index (Phi) is 6.23. The van der Waals surface area contributed by atoms with Crippen LogP contribution in [0.5, 0.6) is 17.2 Å². The van der Waals surface area contributed by atoms with Gasteiger partial charge in [0.2, 0.25) is 5.75 Å². The summed E-state index contributed by atoms with van der Waals surface area (Å²) in [5, 5.41) is 7.12. The van der Waals surface area contributed by atoms with Gasteiger partial charge in [0.1, 0.15) is 0 Å². The molecule has 0 aliphatic carbocycles. The molecular weight excluding hydrogens is 384 g/mol. The molecule has 1 aliphatic rings. The molecule has 0 spiro atoms. The van der Waals surface area contributed by atoms with Crippen LogP contribution in [0.1, 0.15) is 23.6 Å². The van der Waals surface area contributed by atoms with Crippen molar-refractivity contribution in [2.24, 2.45) is 0 Å². The highest BCUT2D eigenvalue weighted by atomic mass is 32.1. The van der Waals surface area contributed by atoms with Gasteiger partial charge in [0.15, 0.2) is 11.5 Å². The van der Waals surface area contributed by atoms with E-state index in [4.69, 9.17) is 14.2 Å². The second-order valence-electron chi connectivity index (χ2n) is 7.15. The number of nitrogens with one attached hydrogen (secondary N) is 1. The number of thiophene rings is 1. The molecule has 29 heavy (non-hydrogen) atoms. The Morgan fingerprint density at radius 1 is 0.897 bits per heavy atom. The standard InChI is InChI=1S/C23H28N2O3S/c1-26-19-10-9-17(22(27-2)23(19)28-3)21(25-13-6-11-24-12-14-25)18-15-29-20-8-5-4-7-16(18)20/h4-5,7-10,15,21,24H,6,11-14H2,1-3H3. The van der Waals surface area contributed by atoms with E-state index in [1.54, 1.807) is 32.7 Å². The first-order valence-electron chi connectivity index (χ1n) is 9.98. The van der Waals surface area contributed by atoms with Crippen LogP contribution in [0.4, 0.5) is 0 Å². The van der Waals surface area contributed by atoms with Crippen LogP contribution in [0.3, 0.4) is 0 Å². The van der Waals surface area contributed by atoms with Crippen LogP contribution in [-0.4, -0.2) is 52.4 Å². The van der Waals surface area contributed by atoms with Gasteiger partial charge in [-0.2, -0.15) is 0 Å². The van der Waals surface area contributed by atoms with Gasteiger partial charge in [0, 0.05) is 29.9 Å². The fourth-order valence-corrected chi connectivity index (χ4v) is 5.22. The minimum atomic E-state index is 0.0841. The Morgan fingerprint density at radius 3 is 2.52 bits per heavy atom. The van der Waals surface area contributed by atoms with Crippen molar-refractivity contribution < 1.29 is 14.2 Å². The average Bonchev–Trinajstić information content (AvgIpc) is 3.00. The molecule has 5 nitrogen and oxygen atoms in total. The number of methoxy groups -OCH3 is 3. The third-order valence-electron chi connectivity index (χ3n) is 5.57. The zero-order chi connectivity index (χ0) is 20.2. The van der Waals surface area contributed by atoms with E-state index in [0.717, 1.165) is 43.9 Å². The Bertz CT molecular complexity index is 964. The Morgan fingerprint density at radius 2 is 1.72 bits per heavy atom. The quantitative estimate of drug-likeness (QED) is 0.653. The molecule has 3 aromatic rings. The smallest absolute Gasteiger partial charge is 0.203 e. The molecule has 1 N–H and O–H groups in total. The van der Waals surface area contributed by atoms with E-state index in [0.29, 0.717) is 11.5 Å². The lowest BCUT2D eigenvalue weighted by Crippen LogP contribution is -2.33. The van der Waals surface area contributed by atoms with Crippen molar-refractivity contribution in [3.05, 3.63) is 52.9 Å². The largest absolute Gasteiger partial charge is 0.493 e. The van der Waals surface area contributed by atoms with Gasteiger partial charge in [0.05, 0.1) is 27.4 Å². The molecule has 1 saturated heterocycles. The molecule has 0 radical (unpaired) electrons. The molecule has 2 heterocycles. The number of rotatable bonds is 6. The Hall–Kier alpha value is -2.28. The molecule has 4 rings (SSSR count). The molecular formula is C23H28N2O3S. The predicted octanol–water partition coefficient (Wildman–Crippen LogP) is 4.31. The summed E-state index contributed by atoms with van der Waals surface area (Å²) in [5.41, 5.74) is 2.42. The zero-order valence-electron chi connectivity index (χ0n) is 17.2. The fourth-order valence-electron chi connectivity index (χ4n) is 4.24. The van der Waals surface area contributed by atoms with Crippen LogP contribution in [-0.2, 0) is 0 Å². The van der Waals surface area contributed by atoms with Gasteiger partial charge in [-0.25, -0.2) is 0 Å². The zero-order valence-corrected chi connectivity index (χ0v) is 18.1. The van der Waals surface area contributed by atoms with Crippen molar-refractivity contribution in [3.63, 3.8) is 0 Å². The molecule has 1 atom stereocenters. The van der Waals surface area contributed by atoms with Gasteiger partial charge in [-0.1, -0.05) is 18.2 Å². The second kappa shape index (κ2) is 9.03. The van der Waals surface area contributed by atoms with Crippen molar-refractivity contribution in [2.75, 3.05) is 47.5 Å². The van der Waals surface area contributed by atoms with Gasteiger partial charge in [-0.3, -0.25) is 4.90 Å². The summed E-state index contributed by atoms with van der Waals surface area (Å²) in [5.74, 6) is 2.06. The van der Waals surface area contributed by atoms with Crippen LogP contribution in [0, 0.1) is 0 Å². The lowest BCUT2D eigenvalue weighted by molar-refractivity contribution is 0.235. The van der Waals surface area contributed by atoms with Crippen molar-refractivity contribution >= 4 is 21.4 Å². The Labute approximate surface area is 176 Å². The number of hydrogen-bond donors (Lipinski definition) is 1. The highest BCUT2D eigenvalue weighted by molar-refractivity contribution is 7.17. The lowest BCUT2D eigenvalue weighted by atomic mass is 9.94. The average molecular weight is 413 g/mol. The van der Waals surface area contributed by atoms with Crippen LogP contribution in [0.15, 0.2) is 41.8 Å². The third kappa shape index (κ3) is 3.80. The van der Waals surface area contributed by atoms with Gasteiger partial charge in [-0.15, -0.1) is 11.3 Å². The van der Waals surface area contributed by atoms with E-state index in [1.807, 2.05) is 6.07 Å². The van der Waals surface area contributed by atoms with E-state index in [1.165, 1.54) is 15.6 Å². The maximum absolute atomic E-state index is 5.88. The van der Waals surface area contributed by atoms with Crippen LogP contribution < -0.4 is 19.5 Å². The molecule has 0 bridgehead atoms. The molecule has 0 saturated carbocycles. The summed E-state index contributed by atoms with van der Waals surface area (Å²) in [7, 11) is 5.02. The molecule has 1 fully saturated rings. The molecule has 6 heteroatoms. The summed E-state index contributed by atoms with van der Waals surface area (Å²) < 4.78 is 18.4. The molecule has 2 aromatic carbocycles. The Balaban J connectivity index is 1.91. The molecule has 154 valence electrons. The van der Waals surface area contributed by atoms with Gasteiger partial charge >= 0.3 is 0 Å². The SMILES string of the molecule is COc1ccc(C(c2csc3ccccc23)N2CCCNCC2)c(OC)c1OC. The van der Waals surface area contributed by atoms with Crippen molar-refractivity contribution in [1.82, 2.24) is 10.2 Å². The van der Waals surface area contributed by atoms with E-state index in [9.17, 15) is 0 Å². The minimum absolute atomic E-state index is 0.0841. The maximum atomic E-state index is 5.88. The third-order valence-corrected chi connectivity index (χ3v) is 6.56. The minimum Gasteiger partial charge on any atom is -0.493 e. The van der Waals surface area contributed by atoms with Crippen LogP contribution in [0.2, 0.25) is 0 Å². The monoisotopic (exact) mass is 412 g/mol. The first-order chi connectivity index (χ1) is 14.3. The van der Waals surface area contributed by atoms with Gasteiger partial charge in [0.25, 0.3) is 0 Å². The van der Waals surface area contributed by atoms with Gasteiger partial charge in [-0.05, 0) is 47.5 Å². The van der Waals surface area contributed by atoms with Gasteiger partial charge < -0.3 is 19.5 Å². The number of fused-ring (bicyclic) bond motifs is 1. The second-order valence-corrected chi connectivity index (χ2v) is 8.06.